The first-order chi connectivity index (χ1) is 23.5. The third kappa shape index (κ3) is 13.4. The van der Waals surface area contributed by atoms with E-state index < -0.39 is 35.4 Å². The number of hydrogen-bond donors (Lipinski definition) is 0. The van der Waals surface area contributed by atoms with Crippen molar-refractivity contribution < 1.29 is 46.5 Å². The van der Waals surface area contributed by atoms with Gasteiger partial charge in [0.1, 0.15) is 17.2 Å². The monoisotopic (exact) mass is 682 g/mol. The van der Waals surface area contributed by atoms with Crippen LogP contribution in [-0.2, 0) is 22.1 Å². The molecule has 0 N–H and O–H groups in total. The van der Waals surface area contributed by atoms with E-state index >= 15 is 0 Å². The second-order valence-electron chi connectivity index (χ2n) is 11.8. The van der Waals surface area contributed by atoms with Crippen LogP contribution in [0.2, 0.25) is 0 Å². The zero-order chi connectivity index (χ0) is 35.6. The van der Waals surface area contributed by atoms with Crippen LogP contribution >= 0.6 is 0 Å². The molecule has 49 heavy (non-hydrogen) atoms. The first-order valence-electron chi connectivity index (χ1n) is 16.8. The highest BCUT2D eigenvalue weighted by molar-refractivity contribution is 5.93. The van der Waals surface area contributed by atoms with E-state index in [0.29, 0.717) is 36.8 Å². The van der Waals surface area contributed by atoms with E-state index in [4.69, 9.17) is 18.9 Å². The molecule has 0 spiro atoms. The Morgan fingerprint density at radius 2 is 1.31 bits per heavy atom. The number of ether oxygens (including phenoxy) is 4. The fourth-order valence-corrected chi connectivity index (χ4v) is 5.04. The van der Waals surface area contributed by atoms with Gasteiger partial charge >= 0.3 is 24.1 Å². The molecule has 0 saturated heterocycles. The summed E-state index contributed by atoms with van der Waals surface area (Å²) in [7, 11) is 0. The van der Waals surface area contributed by atoms with Crippen molar-refractivity contribution in [1.82, 2.24) is 0 Å². The molecule has 3 aromatic carbocycles. The third-order valence-electron chi connectivity index (χ3n) is 7.79. The largest absolute Gasteiger partial charge is 0.493 e. The molecule has 0 aliphatic heterocycles. The van der Waals surface area contributed by atoms with Crippen LogP contribution in [0.15, 0.2) is 73.3 Å². The zero-order valence-corrected chi connectivity index (χ0v) is 28.2. The van der Waals surface area contributed by atoms with E-state index in [1.54, 1.807) is 19.1 Å². The second kappa shape index (κ2) is 20.0. The smallest absolute Gasteiger partial charge is 0.420 e. The summed E-state index contributed by atoms with van der Waals surface area (Å²) in [6, 6.07) is 14.0. The van der Waals surface area contributed by atoms with Crippen molar-refractivity contribution in [3.05, 3.63) is 101 Å². The van der Waals surface area contributed by atoms with Crippen LogP contribution in [-0.4, -0.2) is 31.1 Å². The molecule has 0 fully saturated rings. The maximum absolute atomic E-state index is 14.0. The molecule has 0 bridgehead atoms. The average molecular weight is 683 g/mol. The highest BCUT2D eigenvalue weighted by Crippen LogP contribution is 2.37. The fourth-order valence-electron chi connectivity index (χ4n) is 5.04. The van der Waals surface area contributed by atoms with Crippen LogP contribution in [0.4, 0.5) is 13.2 Å². The van der Waals surface area contributed by atoms with E-state index in [1.165, 1.54) is 56.7 Å². The van der Waals surface area contributed by atoms with Gasteiger partial charge in [0, 0.05) is 6.08 Å². The summed E-state index contributed by atoms with van der Waals surface area (Å²) in [5.41, 5.74) is 0.0544. The van der Waals surface area contributed by atoms with Crippen LogP contribution in [0, 0.1) is 6.92 Å². The summed E-state index contributed by atoms with van der Waals surface area (Å²) in [6.07, 6.45) is 8.00. The van der Waals surface area contributed by atoms with Gasteiger partial charge in [-0.15, -0.1) is 0 Å². The number of unbranched alkanes of at least 4 members (excludes halogenated alkanes) is 8. The lowest BCUT2D eigenvalue weighted by molar-refractivity contribution is -0.139. The van der Waals surface area contributed by atoms with Crippen LogP contribution in [0.5, 0.6) is 17.2 Å². The Morgan fingerprint density at radius 1 is 0.714 bits per heavy atom. The minimum Gasteiger partial charge on any atom is -0.493 e. The highest BCUT2D eigenvalue weighted by atomic mass is 19.4. The van der Waals surface area contributed by atoms with E-state index in [9.17, 15) is 27.6 Å². The molecule has 10 heteroatoms. The minimum atomic E-state index is -4.92. The molecule has 0 atom stereocenters. The van der Waals surface area contributed by atoms with Crippen LogP contribution in [0.1, 0.15) is 109 Å². The number of halogens is 3. The fraction of sp³-hybridized carbons (Fsp3) is 0.410. The van der Waals surface area contributed by atoms with Crippen LogP contribution in [0.25, 0.3) is 0 Å². The van der Waals surface area contributed by atoms with Crippen molar-refractivity contribution in [2.24, 2.45) is 0 Å². The lowest BCUT2D eigenvalue weighted by Gasteiger charge is -2.15. The number of rotatable bonds is 20. The Bertz CT molecular complexity index is 1530. The molecule has 0 saturated carbocycles. The standard InChI is InChI=1S/C39H45F3O7/c1-4-6-7-8-9-10-11-12-15-29-16-20-32(21-17-29)48-37(44)31-19-23-35(33(27-31)39(40,41)42)49-38(45)30-18-22-34(28(3)26-30)46-24-13-14-25-47-36(43)5-2/h5,16-23,26-27H,2,4,6-15,24-25H2,1,3H3. The maximum atomic E-state index is 14.0. The van der Waals surface area contributed by atoms with Gasteiger partial charge in [-0.3, -0.25) is 0 Å². The summed E-state index contributed by atoms with van der Waals surface area (Å²) >= 11 is 0. The Kier molecular flexibility index (Phi) is 15.9. The van der Waals surface area contributed by atoms with Gasteiger partial charge in [0.25, 0.3) is 0 Å². The Morgan fingerprint density at radius 3 is 1.94 bits per heavy atom. The molecule has 3 aromatic rings. The Balaban J connectivity index is 1.55. The summed E-state index contributed by atoms with van der Waals surface area (Å²) in [5.74, 6) is -2.52. The molecule has 0 heterocycles. The molecule has 0 amide bonds. The van der Waals surface area contributed by atoms with Crippen molar-refractivity contribution >= 4 is 17.9 Å². The number of aryl methyl sites for hydroxylation is 2. The Hall–Kier alpha value is -4.60. The molecule has 0 aromatic heterocycles. The maximum Gasteiger partial charge on any atom is 0.420 e. The minimum absolute atomic E-state index is 0.0173. The van der Waals surface area contributed by atoms with Crippen molar-refractivity contribution in [3.8, 4) is 17.2 Å². The molecule has 0 radical (unpaired) electrons. The Labute approximate surface area is 286 Å². The van der Waals surface area contributed by atoms with Gasteiger partial charge in [-0.2, -0.15) is 13.2 Å². The van der Waals surface area contributed by atoms with E-state index in [1.807, 2.05) is 12.1 Å². The lowest BCUT2D eigenvalue weighted by atomic mass is 10.0. The molecule has 3 rings (SSSR count). The predicted molar refractivity (Wildman–Crippen MR) is 181 cm³/mol. The normalized spacial score (nSPS) is 11.1. The summed E-state index contributed by atoms with van der Waals surface area (Å²) in [5, 5.41) is 0. The quantitative estimate of drug-likeness (QED) is 0.0507. The number of alkyl halides is 3. The van der Waals surface area contributed by atoms with Gasteiger partial charge in [0.05, 0.1) is 29.9 Å². The van der Waals surface area contributed by atoms with Crippen molar-refractivity contribution in [2.45, 2.75) is 90.7 Å². The van der Waals surface area contributed by atoms with Gasteiger partial charge in [-0.05, 0) is 92.3 Å². The van der Waals surface area contributed by atoms with E-state index in [2.05, 4.69) is 13.5 Å². The van der Waals surface area contributed by atoms with Crippen molar-refractivity contribution in [3.63, 3.8) is 0 Å². The topological polar surface area (TPSA) is 88.1 Å². The number of carbonyl (C=O) groups is 3. The third-order valence-corrected chi connectivity index (χ3v) is 7.79. The van der Waals surface area contributed by atoms with Crippen LogP contribution in [0.3, 0.4) is 0 Å². The molecular formula is C39H45F3O7. The van der Waals surface area contributed by atoms with Crippen LogP contribution < -0.4 is 14.2 Å². The molecule has 0 unspecified atom stereocenters. The SMILES string of the molecule is C=CC(=O)OCCCCOc1ccc(C(=O)Oc2ccc(C(=O)Oc3ccc(CCCCCCCCCC)cc3)cc2C(F)(F)F)cc1C. The van der Waals surface area contributed by atoms with Gasteiger partial charge in [-0.1, -0.05) is 70.6 Å². The summed E-state index contributed by atoms with van der Waals surface area (Å²) in [4.78, 5) is 36.7. The van der Waals surface area contributed by atoms with Crippen molar-refractivity contribution in [1.29, 1.82) is 0 Å². The molecule has 0 aliphatic rings. The summed E-state index contributed by atoms with van der Waals surface area (Å²) < 4.78 is 63.1. The van der Waals surface area contributed by atoms with E-state index in [-0.39, 0.29) is 23.5 Å². The predicted octanol–water partition coefficient (Wildman–Crippen LogP) is 10.0. The summed E-state index contributed by atoms with van der Waals surface area (Å²) in [6.45, 7) is 7.77. The van der Waals surface area contributed by atoms with Gasteiger partial charge in [-0.25, -0.2) is 14.4 Å². The number of carbonyl (C=O) groups excluding carboxylic acids is 3. The lowest BCUT2D eigenvalue weighted by Crippen LogP contribution is -2.16. The molecule has 264 valence electrons. The first kappa shape index (κ1) is 38.8. The average Bonchev–Trinajstić information content (AvgIpc) is 3.08. The van der Waals surface area contributed by atoms with Gasteiger partial charge in [0.2, 0.25) is 0 Å². The van der Waals surface area contributed by atoms with Gasteiger partial charge < -0.3 is 18.9 Å². The molecule has 7 nitrogen and oxygen atoms in total. The number of hydrogen-bond acceptors (Lipinski definition) is 7. The van der Waals surface area contributed by atoms with Gasteiger partial charge in [0.15, 0.2) is 0 Å². The second-order valence-corrected chi connectivity index (χ2v) is 11.8. The number of esters is 3. The molecule has 0 aliphatic carbocycles. The first-order valence-corrected chi connectivity index (χ1v) is 16.8. The highest BCUT2D eigenvalue weighted by Gasteiger charge is 2.36. The molecular weight excluding hydrogens is 637 g/mol. The van der Waals surface area contributed by atoms with Crippen molar-refractivity contribution in [2.75, 3.05) is 13.2 Å². The zero-order valence-electron chi connectivity index (χ0n) is 28.2. The number of benzene rings is 3. The van der Waals surface area contributed by atoms with E-state index in [0.717, 1.165) is 43.0 Å².